The van der Waals surface area contributed by atoms with Crippen molar-refractivity contribution in [2.75, 3.05) is 18.5 Å². The number of anilines is 1. The number of hydrogen-bond donors (Lipinski definition) is 1. The van der Waals surface area contributed by atoms with Crippen LogP contribution in [-0.2, 0) is 4.84 Å². The maximum atomic E-state index is 13.0. The van der Waals surface area contributed by atoms with Crippen LogP contribution in [0, 0.1) is 0 Å². The number of carbonyl (C=O) groups excluding carboxylic acids is 1. The number of benzene rings is 2. The average Bonchev–Trinajstić information content (AvgIpc) is 3.28. The summed E-state index contributed by atoms with van der Waals surface area (Å²) in [7, 11) is 0. The van der Waals surface area contributed by atoms with Gasteiger partial charge in [-0.15, -0.1) is 0 Å². The first-order chi connectivity index (χ1) is 17.4. The molecule has 4 rings (SSSR count). The molecule has 1 aromatic heterocycles. The number of unbranched alkanes of at least 4 members (excludes halogenated alkanes) is 1. The zero-order valence-electron chi connectivity index (χ0n) is 20.1. The van der Waals surface area contributed by atoms with E-state index in [1.165, 1.54) is 12.4 Å². The van der Waals surface area contributed by atoms with Crippen LogP contribution in [0.25, 0.3) is 0 Å². The van der Waals surface area contributed by atoms with Gasteiger partial charge in [0.2, 0.25) is 0 Å². The molecule has 1 atom stereocenters. The van der Waals surface area contributed by atoms with Gasteiger partial charge in [-0.2, -0.15) is 0 Å². The fourth-order valence-corrected chi connectivity index (χ4v) is 4.06. The fraction of sp³-hybridized carbons (Fsp3) is 0.296. The first-order valence-corrected chi connectivity index (χ1v) is 12.4. The van der Waals surface area contributed by atoms with Crippen LogP contribution in [0.3, 0.4) is 0 Å². The van der Waals surface area contributed by atoms with Gasteiger partial charge in [0.05, 0.1) is 28.1 Å². The van der Waals surface area contributed by atoms with E-state index >= 15 is 0 Å². The molecular formula is C27H27Cl2N3O4. The molecule has 3 aromatic rings. The van der Waals surface area contributed by atoms with Crippen molar-refractivity contribution in [1.29, 1.82) is 0 Å². The normalized spacial score (nSPS) is 16.7. The molecule has 1 unspecified atom stereocenters. The fourth-order valence-electron chi connectivity index (χ4n) is 3.60. The van der Waals surface area contributed by atoms with Gasteiger partial charge in [0, 0.05) is 24.4 Å². The topological polar surface area (TPSA) is 82.0 Å². The molecule has 9 heteroatoms. The molecule has 0 saturated heterocycles. The third kappa shape index (κ3) is 6.28. The summed E-state index contributed by atoms with van der Waals surface area (Å²) in [6.07, 6.45) is 5.31. The van der Waals surface area contributed by atoms with E-state index in [1.54, 1.807) is 18.2 Å². The van der Waals surface area contributed by atoms with Crippen molar-refractivity contribution in [3.8, 4) is 11.5 Å². The van der Waals surface area contributed by atoms with Gasteiger partial charge in [0.25, 0.3) is 5.91 Å². The minimum absolute atomic E-state index is 0.212. The SMILES string of the molecule is CCCCOc1ccc(C(=O)Nc2c(Cl)cncc2Cl)cc1OCC1(C)CC(c2ccccc2)=NO1. The summed E-state index contributed by atoms with van der Waals surface area (Å²) in [6, 6.07) is 14.9. The van der Waals surface area contributed by atoms with Crippen LogP contribution in [0.2, 0.25) is 10.0 Å². The highest BCUT2D eigenvalue weighted by Crippen LogP contribution is 2.34. The number of amides is 1. The van der Waals surface area contributed by atoms with Gasteiger partial charge in [-0.05, 0) is 37.1 Å². The lowest BCUT2D eigenvalue weighted by Gasteiger charge is -2.23. The van der Waals surface area contributed by atoms with E-state index in [-0.39, 0.29) is 16.7 Å². The molecule has 1 amide bonds. The average molecular weight is 528 g/mol. The zero-order valence-corrected chi connectivity index (χ0v) is 21.6. The van der Waals surface area contributed by atoms with Crippen LogP contribution >= 0.6 is 23.2 Å². The van der Waals surface area contributed by atoms with Crippen molar-refractivity contribution in [1.82, 2.24) is 4.98 Å². The minimum Gasteiger partial charge on any atom is -0.490 e. The minimum atomic E-state index is -0.664. The lowest BCUT2D eigenvalue weighted by molar-refractivity contribution is -0.0362. The van der Waals surface area contributed by atoms with Crippen molar-refractivity contribution < 1.29 is 19.1 Å². The molecule has 0 radical (unpaired) electrons. The summed E-state index contributed by atoms with van der Waals surface area (Å²) < 4.78 is 12.1. The van der Waals surface area contributed by atoms with E-state index in [1.807, 2.05) is 37.3 Å². The Kier molecular flexibility index (Phi) is 8.33. The first kappa shape index (κ1) is 25.8. The number of pyridine rings is 1. The van der Waals surface area contributed by atoms with Crippen molar-refractivity contribution >= 4 is 40.5 Å². The molecule has 1 aliphatic rings. The van der Waals surface area contributed by atoms with E-state index in [4.69, 9.17) is 37.5 Å². The molecule has 0 saturated carbocycles. The standard InChI is InChI=1S/C27H27Cl2N3O4/c1-3-4-12-34-23-11-10-19(26(33)31-25-20(28)15-30-16-21(25)29)13-24(23)35-17-27(2)14-22(32-36-27)18-8-6-5-7-9-18/h5-11,13,15-16H,3-4,12,14,17H2,1-2H3,(H,30,31,33). The summed E-state index contributed by atoms with van der Waals surface area (Å²) >= 11 is 12.3. The monoisotopic (exact) mass is 527 g/mol. The number of oxime groups is 1. The summed E-state index contributed by atoms with van der Waals surface area (Å²) in [4.78, 5) is 22.6. The molecule has 2 aromatic carbocycles. The van der Waals surface area contributed by atoms with E-state index < -0.39 is 11.5 Å². The second-order valence-corrected chi connectivity index (χ2v) is 9.52. The Labute approximate surface area is 220 Å². The Morgan fingerprint density at radius 3 is 2.56 bits per heavy atom. The summed E-state index contributed by atoms with van der Waals surface area (Å²) in [5, 5.41) is 7.50. The highest BCUT2D eigenvalue weighted by atomic mass is 35.5. The second kappa shape index (κ2) is 11.6. The maximum absolute atomic E-state index is 13.0. The Balaban J connectivity index is 1.50. The number of ether oxygens (including phenoxy) is 2. The molecule has 7 nitrogen and oxygen atoms in total. The maximum Gasteiger partial charge on any atom is 0.255 e. The Hall–Kier alpha value is -3.29. The first-order valence-electron chi connectivity index (χ1n) is 11.7. The lowest BCUT2D eigenvalue weighted by Crippen LogP contribution is -2.33. The molecule has 2 heterocycles. The molecule has 0 spiro atoms. The molecule has 0 bridgehead atoms. The number of nitrogens with one attached hydrogen (secondary N) is 1. The van der Waals surface area contributed by atoms with E-state index in [2.05, 4.69) is 22.4 Å². The van der Waals surface area contributed by atoms with Crippen molar-refractivity contribution in [2.24, 2.45) is 5.16 Å². The number of rotatable bonds is 10. The quantitative estimate of drug-likeness (QED) is 0.293. The van der Waals surface area contributed by atoms with Gasteiger partial charge in [-0.25, -0.2) is 0 Å². The van der Waals surface area contributed by atoms with Crippen LogP contribution < -0.4 is 14.8 Å². The Morgan fingerprint density at radius 1 is 1.08 bits per heavy atom. The molecule has 1 aliphatic heterocycles. The molecule has 0 fully saturated rings. The number of carbonyl (C=O) groups is 1. The van der Waals surface area contributed by atoms with Gasteiger partial charge >= 0.3 is 0 Å². The molecule has 188 valence electrons. The largest absolute Gasteiger partial charge is 0.490 e. The highest BCUT2D eigenvalue weighted by molar-refractivity contribution is 6.39. The van der Waals surface area contributed by atoms with E-state index in [0.717, 1.165) is 24.1 Å². The molecular weight excluding hydrogens is 501 g/mol. The smallest absolute Gasteiger partial charge is 0.255 e. The Bertz CT molecular complexity index is 1230. The second-order valence-electron chi connectivity index (χ2n) is 8.71. The summed E-state index contributed by atoms with van der Waals surface area (Å²) in [5.41, 5.74) is 1.86. The van der Waals surface area contributed by atoms with Crippen LogP contribution in [0.5, 0.6) is 11.5 Å². The number of aromatic nitrogens is 1. The van der Waals surface area contributed by atoms with E-state index in [9.17, 15) is 4.79 Å². The third-order valence-corrected chi connectivity index (χ3v) is 6.18. The van der Waals surface area contributed by atoms with E-state index in [0.29, 0.717) is 35.8 Å². The van der Waals surface area contributed by atoms with Crippen LogP contribution in [-0.4, -0.2) is 35.4 Å². The lowest BCUT2D eigenvalue weighted by atomic mass is 9.97. The van der Waals surface area contributed by atoms with Gasteiger partial charge in [0.1, 0.15) is 6.61 Å². The predicted octanol–water partition coefficient (Wildman–Crippen LogP) is 6.78. The van der Waals surface area contributed by atoms with Gasteiger partial charge < -0.3 is 19.6 Å². The number of hydrogen-bond acceptors (Lipinski definition) is 6. The number of halogens is 2. The van der Waals surface area contributed by atoms with Crippen molar-refractivity contribution in [2.45, 2.75) is 38.7 Å². The third-order valence-electron chi connectivity index (χ3n) is 5.61. The molecule has 0 aliphatic carbocycles. The van der Waals surface area contributed by atoms with Gasteiger partial charge in [-0.1, -0.05) is 72.0 Å². The highest BCUT2D eigenvalue weighted by Gasteiger charge is 2.36. The van der Waals surface area contributed by atoms with Crippen molar-refractivity contribution in [3.05, 3.63) is 82.1 Å². The van der Waals surface area contributed by atoms with Gasteiger partial charge in [-0.3, -0.25) is 9.78 Å². The van der Waals surface area contributed by atoms with Gasteiger partial charge in [0.15, 0.2) is 17.1 Å². The van der Waals surface area contributed by atoms with Crippen LogP contribution in [0.1, 0.15) is 49.0 Å². The Morgan fingerprint density at radius 2 is 1.83 bits per heavy atom. The van der Waals surface area contributed by atoms with Crippen LogP contribution in [0.15, 0.2) is 66.1 Å². The molecule has 1 N–H and O–H groups in total. The summed E-state index contributed by atoms with van der Waals surface area (Å²) in [6.45, 7) is 4.78. The molecule has 36 heavy (non-hydrogen) atoms. The zero-order chi connectivity index (χ0) is 25.5. The number of nitrogens with zero attached hydrogens (tertiary/aromatic N) is 2. The van der Waals surface area contributed by atoms with Crippen molar-refractivity contribution in [3.63, 3.8) is 0 Å². The predicted molar refractivity (Wildman–Crippen MR) is 142 cm³/mol. The van der Waals surface area contributed by atoms with Crippen LogP contribution in [0.4, 0.5) is 5.69 Å². The summed E-state index contributed by atoms with van der Waals surface area (Å²) in [5.74, 6) is 0.586.